The van der Waals surface area contributed by atoms with E-state index < -0.39 is 0 Å². The van der Waals surface area contributed by atoms with Gasteiger partial charge in [-0.05, 0) is 25.0 Å². The molecule has 4 nitrogen and oxygen atoms in total. The lowest BCUT2D eigenvalue weighted by molar-refractivity contribution is -0.143. The fraction of sp³-hybridized carbons (Fsp3) is 0.333. The summed E-state index contributed by atoms with van der Waals surface area (Å²) >= 11 is 5.90. The van der Waals surface area contributed by atoms with E-state index in [1.807, 2.05) is 30.5 Å². The van der Waals surface area contributed by atoms with E-state index >= 15 is 0 Å². The van der Waals surface area contributed by atoms with E-state index in [0.717, 1.165) is 36.5 Å². The largest absolute Gasteiger partial charge is 0.468 e. The highest BCUT2D eigenvalue weighted by molar-refractivity contribution is 6.30. The van der Waals surface area contributed by atoms with Gasteiger partial charge in [-0.25, -0.2) is 4.98 Å². The van der Waals surface area contributed by atoms with Crippen LogP contribution >= 0.6 is 11.6 Å². The summed E-state index contributed by atoms with van der Waals surface area (Å²) in [6.45, 7) is 0.892. The molecule has 5 heteroatoms. The van der Waals surface area contributed by atoms with Gasteiger partial charge in [0.1, 0.15) is 11.7 Å². The maximum Gasteiger partial charge on any atom is 0.316 e. The van der Waals surface area contributed by atoms with Crippen molar-refractivity contribution in [3.63, 3.8) is 0 Å². The second kappa shape index (κ2) is 5.29. The summed E-state index contributed by atoms with van der Waals surface area (Å²) in [6.07, 6.45) is 3.75. The van der Waals surface area contributed by atoms with Crippen LogP contribution in [-0.2, 0) is 16.1 Å². The quantitative estimate of drug-likeness (QED) is 0.798. The maximum absolute atomic E-state index is 11.8. The number of benzene rings is 1. The van der Waals surface area contributed by atoms with E-state index in [1.54, 1.807) is 0 Å². The van der Waals surface area contributed by atoms with E-state index in [-0.39, 0.29) is 11.9 Å². The first kappa shape index (κ1) is 13.2. The Morgan fingerprint density at radius 1 is 1.40 bits per heavy atom. The highest BCUT2D eigenvalue weighted by Gasteiger charge is 2.29. The standard InChI is InChI=1S/C15H15ClN2O2/c1-20-15(19)12-3-2-8-18-9-13(17-14(12)18)10-4-6-11(16)7-5-10/h4-7,9,12H,2-3,8H2,1H3. The van der Waals surface area contributed by atoms with Gasteiger partial charge in [-0.1, -0.05) is 23.7 Å². The Kier molecular flexibility index (Phi) is 3.49. The molecule has 0 saturated carbocycles. The Balaban J connectivity index is 1.99. The summed E-state index contributed by atoms with van der Waals surface area (Å²) in [5.74, 6) is 0.335. The van der Waals surface area contributed by atoms with Crippen LogP contribution in [0, 0.1) is 0 Å². The van der Waals surface area contributed by atoms with Crippen LogP contribution in [0.4, 0.5) is 0 Å². The number of hydrogen-bond donors (Lipinski definition) is 0. The molecule has 3 rings (SSSR count). The summed E-state index contributed by atoms with van der Waals surface area (Å²) in [5, 5.41) is 0.699. The third-order valence-corrected chi connectivity index (χ3v) is 3.89. The number of fused-ring (bicyclic) bond motifs is 1. The van der Waals surface area contributed by atoms with Crippen LogP contribution in [0.5, 0.6) is 0 Å². The van der Waals surface area contributed by atoms with Crippen molar-refractivity contribution in [3.8, 4) is 11.3 Å². The number of carbonyl (C=O) groups is 1. The summed E-state index contributed by atoms with van der Waals surface area (Å²) in [5.41, 5.74) is 1.87. The SMILES string of the molecule is COC(=O)C1CCCn2cc(-c3ccc(Cl)cc3)nc21. The van der Waals surface area contributed by atoms with E-state index in [9.17, 15) is 4.79 Å². The molecular formula is C15H15ClN2O2. The average molecular weight is 291 g/mol. The van der Waals surface area contributed by atoms with Crippen LogP contribution in [0.3, 0.4) is 0 Å². The molecule has 0 N–H and O–H groups in total. The van der Waals surface area contributed by atoms with Crippen LogP contribution < -0.4 is 0 Å². The minimum atomic E-state index is -0.255. The van der Waals surface area contributed by atoms with E-state index in [1.165, 1.54) is 7.11 Å². The Labute approximate surface area is 122 Å². The number of imidazole rings is 1. The van der Waals surface area contributed by atoms with Crippen molar-refractivity contribution in [2.45, 2.75) is 25.3 Å². The minimum absolute atomic E-state index is 0.209. The van der Waals surface area contributed by atoms with E-state index in [2.05, 4.69) is 9.55 Å². The molecule has 2 heterocycles. The second-order valence-electron chi connectivity index (χ2n) is 4.90. The second-order valence-corrected chi connectivity index (χ2v) is 5.34. The van der Waals surface area contributed by atoms with E-state index in [0.29, 0.717) is 5.02 Å². The third kappa shape index (κ3) is 2.31. The number of esters is 1. The topological polar surface area (TPSA) is 44.1 Å². The summed E-state index contributed by atoms with van der Waals surface area (Å²) in [6, 6.07) is 7.55. The number of aromatic nitrogens is 2. The van der Waals surface area contributed by atoms with Gasteiger partial charge in [0.05, 0.1) is 12.8 Å². The van der Waals surface area contributed by atoms with Crippen molar-refractivity contribution in [1.82, 2.24) is 9.55 Å². The number of methoxy groups -OCH3 is 1. The van der Waals surface area contributed by atoms with Crippen molar-refractivity contribution in [2.75, 3.05) is 7.11 Å². The predicted octanol–water partition coefficient (Wildman–Crippen LogP) is 3.25. The van der Waals surface area contributed by atoms with Gasteiger partial charge in [0.25, 0.3) is 0 Å². The van der Waals surface area contributed by atoms with Crippen molar-refractivity contribution >= 4 is 17.6 Å². The zero-order valence-corrected chi connectivity index (χ0v) is 11.9. The van der Waals surface area contributed by atoms with Crippen molar-refractivity contribution < 1.29 is 9.53 Å². The predicted molar refractivity (Wildman–Crippen MR) is 76.7 cm³/mol. The van der Waals surface area contributed by atoms with Crippen LogP contribution in [0.25, 0.3) is 11.3 Å². The average Bonchev–Trinajstić information content (AvgIpc) is 2.91. The molecule has 104 valence electrons. The molecule has 1 aliphatic rings. The molecule has 1 unspecified atom stereocenters. The lowest BCUT2D eigenvalue weighted by atomic mass is 9.99. The number of carbonyl (C=O) groups excluding carboxylic acids is 1. The van der Waals surface area contributed by atoms with Crippen molar-refractivity contribution in [3.05, 3.63) is 41.3 Å². The molecule has 0 aliphatic carbocycles. The molecule has 1 atom stereocenters. The monoisotopic (exact) mass is 290 g/mol. The van der Waals surface area contributed by atoms with Gasteiger partial charge in [0, 0.05) is 23.3 Å². The highest BCUT2D eigenvalue weighted by Crippen LogP contribution is 2.30. The summed E-state index contributed by atoms with van der Waals surface area (Å²) in [7, 11) is 1.42. The van der Waals surface area contributed by atoms with E-state index in [4.69, 9.17) is 16.3 Å². The third-order valence-electron chi connectivity index (χ3n) is 3.64. The molecule has 0 saturated heterocycles. The van der Waals surface area contributed by atoms with Gasteiger partial charge in [-0.2, -0.15) is 0 Å². The number of aryl methyl sites for hydroxylation is 1. The van der Waals surface area contributed by atoms with Crippen molar-refractivity contribution in [1.29, 1.82) is 0 Å². The molecule has 0 spiro atoms. The molecule has 1 aliphatic heterocycles. The van der Waals surface area contributed by atoms with Gasteiger partial charge in [-0.15, -0.1) is 0 Å². The molecule has 1 aromatic heterocycles. The fourth-order valence-electron chi connectivity index (χ4n) is 2.61. The summed E-state index contributed by atoms with van der Waals surface area (Å²) in [4.78, 5) is 16.4. The molecule has 0 radical (unpaired) electrons. The molecule has 20 heavy (non-hydrogen) atoms. The Bertz CT molecular complexity index is 634. The lowest BCUT2D eigenvalue weighted by Crippen LogP contribution is -2.23. The fourth-order valence-corrected chi connectivity index (χ4v) is 2.73. The molecule has 2 aromatic rings. The highest BCUT2D eigenvalue weighted by atomic mass is 35.5. The van der Waals surface area contributed by atoms with Crippen LogP contribution in [-0.4, -0.2) is 22.6 Å². The molecule has 0 fully saturated rings. The van der Waals surface area contributed by atoms with Gasteiger partial charge < -0.3 is 9.30 Å². The van der Waals surface area contributed by atoms with Gasteiger partial charge in [0.15, 0.2) is 0 Å². The zero-order chi connectivity index (χ0) is 14.1. The van der Waals surface area contributed by atoms with Gasteiger partial charge in [-0.3, -0.25) is 4.79 Å². The van der Waals surface area contributed by atoms with Gasteiger partial charge >= 0.3 is 5.97 Å². The van der Waals surface area contributed by atoms with Crippen LogP contribution in [0.2, 0.25) is 5.02 Å². The maximum atomic E-state index is 11.8. The lowest BCUT2D eigenvalue weighted by Gasteiger charge is -2.20. The number of nitrogens with zero attached hydrogens (tertiary/aromatic N) is 2. The number of halogens is 1. The number of hydrogen-bond acceptors (Lipinski definition) is 3. The molecule has 0 amide bonds. The Hall–Kier alpha value is -1.81. The van der Waals surface area contributed by atoms with Crippen molar-refractivity contribution in [2.24, 2.45) is 0 Å². The van der Waals surface area contributed by atoms with Gasteiger partial charge in [0.2, 0.25) is 0 Å². The molecule has 0 bridgehead atoms. The van der Waals surface area contributed by atoms with Crippen LogP contribution in [0.1, 0.15) is 24.6 Å². The normalized spacial score (nSPS) is 17.6. The number of rotatable bonds is 2. The number of ether oxygens (including phenoxy) is 1. The summed E-state index contributed by atoms with van der Waals surface area (Å²) < 4.78 is 6.92. The first-order valence-electron chi connectivity index (χ1n) is 6.60. The molecular weight excluding hydrogens is 276 g/mol. The first-order valence-corrected chi connectivity index (χ1v) is 6.97. The Morgan fingerprint density at radius 2 is 2.15 bits per heavy atom. The minimum Gasteiger partial charge on any atom is -0.468 e. The Morgan fingerprint density at radius 3 is 2.85 bits per heavy atom. The molecule has 1 aromatic carbocycles. The first-order chi connectivity index (χ1) is 9.69. The zero-order valence-electron chi connectivity index (χ0n) is 11.2. The van der Waals surface area contributed by atoms with Crippen LogP contribution in [0.15, 0.2) is 30.5 Å². The smallest absolute Gasteiger partial charge is 0.316 e.